The third kappa shape index (κ3) is 2.05. The van der Waals surface area contributed by atoms with Gasteiger partial charge in [0.05, 0.1) is 5.56 Å². The zero-order valence-corrected chi connectivity index (χ0v) is 8.67. The van der Waals surface area contributed by atoms with Crippen LogP contribution >= 0.6 is 11.6 Å². The van der Waals surface area contributed by atoms with Crippen molar-refractivity contribution in [1.82, 2.24) is 0 Å². The minimum atomic E-state index is 0.433. The van der Waals surface area contributed by atoms with Crippen molar-refractivity contribution < 1.29 is 9.63 Å². The van der Waals surface area contributed by atoms with Gasteiger partial charge in [0.15, 0.2) is 12.0 Å². The van der Waals surface area contributed by atoms with Crippen molar-refractivity contribution in [3.63, 3.8) is 0 Å². The Labute approximate surface area is 87.8 Å². The van der Waals surface area contributed by atoms with Gasteiger partial charge in [-0.2, -0.15) is 5.90 Å². The fourth-order valence-corrected chi connectivity index (χ4v) is 1.58. The zero-order valence-electron chi connectivity index (χ0n) is 7.92. The average molecular weight is 214 g/mol. The topological polar surface area (TPSA) is 52.3 Å². The Bertz CT molecular complexity index is 339. The van der Waals surface area contributed by atoms with E-state index in [-0.39, 0.29) is 0 Å². The third-order valence-corrected chi connectivity index (χ3v) is 2.35. The van der Waals surface area contributed by atoms with E-state index in [4.69, 9.17) is 17.5 Å². The van der Waals surface area contributed by atoms with Gasteiger partial charge in [0.1, 0.15) is 0 Å². The van der Waals surface area contributed by atoms with Crippen LogP contribution in [0, 0.1) is 6.92 Å². The number of halogens is 1. The van der Waals surface area contributed by atoms with E-state index < -0.39 is 0 Å². The maximum absolute atomic E-state index is 10.6. The number of aldehydes is 1. The molecule has 0 fully saturated rings. The predicted octanol–water partition coefficient (Wildman–Crippen LogP) is 1.84. The van der Waals surface area contributed by atoms with Crippen molar-refractivity contribution in [3.8, 4) is 5.75 Å². The normalized spacial score (nSPS) is 9.93. The van der Waals surface area contributed by atoms with Crippen molar-refractivity contribution in [2.75, 3.05) is 5.88 Å². The number of benzene rings is 1. The minimum absolute atomic E-state index is 0.433. The van der Waals surface area contributed by atoms with Crippen LogP contribution in [0.25, 0.3) is 0 Å². The molecule has 0 bridgehead atoms. The van der Waals surface area contributed by atoms with Crippen LogP contribution in [0.2, 0.25) is 0 Å². The second-order valence-electron chi connectivity index (χ2n) is 2.94. The molecule has 0 atom stereocenters. The zero-order chi connectivity index (χ0) is 10.6. The standard InChI is InChI=1S/C10H12ClNO2/c1-7-8(4-5-11)2-3-9(6-13)10(7)14-12/h2-3,6H,4-5,12H2,1H3. The van der Waals surface area contributed by atoms with Crippen molar-refractivity contribution >= 4 is 17.9 Å². The largest absolute Gasteiger partial charge is 0.410 e. The van der Waals surface area contributed by atoms with E-state index in [1.807, 2.05) is 13.0 Å². The van der Waals surface area contributed by atoms with Gasteiger partial charge in [0.2, 0.25) is 0 Å². The molecular weight excluding hydrogens is 202 g/mol. The summed E-state index contributed by atoms with van der Waals surface area (Å²) in [7, 11) is 0. The first-order chi connectivity index (χ1) is 6.74. The van der Waals surface area contributed by atoms with Crippen molar-refractivity contribution in [2.45, 2.75) is 13.3 Å². The van der Waals surface area contributed by atoms with E-state index in [1.54, 1.807) is 6.07 Å². The molecule has 4 heteroatoms. The van der Waals surface area contributed by atoms with Gasteiger partial charge in [-0.1, -0.05) is 6.07 Å². The van der Waals surface area contributed by atoms with Crippen LogP contribution < -0.4 is 10.7 Å². The number of aryl methyl sites for hydroxylation is 1. The van der Waals surface area contributed by atoms with Crippen molar-refractivity contribution in [1.29, 1.82) is 0 Å². The number of carbonyl (C=O) groups is 1. The second-order valence-corrected chi connectivity index (χ2v) is 3.32. The summed E-state index contributed by atoms with van der Waals surface area (Å²) in [6.07, 6.45) is 1.46. The molecule has 76 valence electrons. The van der Waals surface area contributed by atoms with Gasteiger partial charge in [0.25, 0.3) is 0 Å². The summed E-state index contributed by atoms with van der Waals surface area (Å²) >= 11 is 5.64. The summed E-state index contributed by atoms with van der Waals surface area (Å²) in [5, 5.41) is 0. The Hall–Kier alpha value is -1.06. The van der Waals surface area contributed by atoms with Crippen LogP contribution in [-0.2, 0) is 6.42 Å². The SMILES string of the molecule is Cc1c(CCCl)ccc(C=O)c1ON. The number of carbonyl (C=O) groups excluding carboxylic acids is 1. The van der Waals surface area contributed by atoms with Crippen LogP contribution in [0.4, 0.5) is 0 Å². The number of hydrogen-bond donors (Lipinski definition) is 1. The fraction of sp³-hybridized carbons (Fsp3) is 0.300. The van der Waals surface area contributed by atoms with Crippen LogP contribution in [0.1, 0.15) is 21.5 Å². The third-order valence-electron chi connectivity index (χ3n) is 2.16. The van der Waals surface area contributed by atoms with Gasteiger partial charge in [-0.25, -0.2) is 0 Å². The summed E-state index contributed by atoms with van der Waals surface area (Å²) in [6, 6.07) is 3.55. The summed E-state index contributed by atoms with van der Waals surface area (Å²) in [5.74, 6) is 6.07. The van der Waals surface area contributed by atoms with Gasteiger partial charge in [0, 0.05) is 5.88 Å². The maximum Gasteiger partial charge on any atom is 0.160 e. The van der Waals surface area contributed by atoms with Crippen molar-refractivity contribution in [2.24, 2.45) is 5.90 Å². The molecule has 0 unspecified atom stereocenters. The highest BCUT2D eigenvalue weighted by molar-refractivity contribution is 6.18. The summed E-state index contributed by atoms with van der Waals surface area (Å²) < 4.78 is 0. The molecule has 1 aromatic carbocycles. The lowest BCUT2D eigenvalue weighted by Crippen LogP contribution is -2.08. The first kappa shape index (κ1) is 11.0. The van der Waals surface area contributed by atoms with E-state index in [0.717, 1.165) is 23.8 Å². The van der Waals surface area contributed by atoms with E-state index in [9.17, 15) is 4.79 Å². The molecule has 0 aliphatic carbocycles. The predicted molar refractivity (Wildman–Crippen MR) is 55.8 cm³/mol. The molecule has 0 spiro atoms. The Morgan fingerprint density at radius 3 is 2.79 bits per heavy atom. The number of hydrogen-bond acceptors (Lipinski definition) is 3. The summed E-state index contributed by atoms with van der Waals surface area (Å²) in [4.78, 5) is 15.3. The molecule has 14 heavy (non-hydrogen) atoms. The Morgan fingerprint density at radius 1 is 1.57 bits per heavy atom. The van der Waals surface area contributed by atoms with Crippen LogP contribution in [-0.4, -0.2) is 12.2 Å². The van der Waals surface area contributed by atoms with Gasteiger partial charge in [-0.15, -0.1) is 11.6 Å². The second kappa shape index (κ2) is 4.98. The molecule has 0 saturated heterocycles. The van der Waals surface area contributed by atoms with Crippen LogP contribution in [0.5, 0.6) is 5.75 Å². The van der Waals surface area contributed by atoms with E-state index >= 15 is 0 Å². The van der Waals surface area contributed by atoms with Gasteiger partial charge in [-0.05, 0) is 30.5 Å². The number of alkyl halides is 1. The minimum Gasteiger partial charge on any atom is -0.410 e. The molecule has 0 aliphatic heterocycles. The van der Waals surface area contributed by atoms with Gasteiger partial charge >= 0.3 is 0 Å². The molecule has 0 aromatic heterocycles. The van der Waals surface area contributed by atoms with Crippen LogP contribution in [0.15, 0.2) is 12.1 Å². The monoisotopic (exact) mass is 213 g/mol. The lowest BCUT2D eigenvalue weighted by atomic mass is 10.0. The highest BCUT2D eigenvalue weighted by atomic mass is 35.5. The Morgan fingerprint density at radius 2 is 2.29 bits per heavy atom. The van der Waals surface area contributed by atoms with Crippen LogP contribution in [0.3, 0.4) is 0 Å². The molecule has 0 radical (unpaired) electrons. The van der Waals surface area contributed by atoms with E-state index in [0.29, 0.717) is 17.2 Å². The van der Waals surface area contributed by atoms with E-state index in [1.165, 1.54) is 0 Å². The van der Waals surface area contributed by atoms with Gasteiger partial charge < -0.3 is 4.84 Å². The fourth-order valence-electron chi connectivity index (χ4n) is 1.38. The highest BCUT2D eigenvalue weighted by Crippen LogP contribution is 2.25. The quantitative estimate of drug-likeness (QED) is 0.472. The smallest absolute Gasteiger partial charge is 0.160 e. The summed E-state index contributed by atoms with van der Waals surface area (Å²) in [5.41, 5.74) is 2.38. The Balaban J connectivity index is 3.20. The number of nitrogens with two attached hydrogens (primary N) is 1. The molecule has 0 heterocycles. The first-order valence-electron chi connectivity index (χ1n) is 4.25. The molecular formula is C10H12ClNO2. The lowest BCUT2D eigenvalue weighted by molar-refractivity contribution is 0.111. The highest BCUT2D eigenvalue weighted by Gasteiger charge is 2.09. The molecule has 3 nitrogen and oxygen atoms in total. The molecule has 0 amide bonds. The summed E-state index contributed by atoms with van der Waals surface area (Å²) in [6.45, 7) is 1.86. The molecule has 0 saturated carbocycles. The molecule has 1 aromatic rings. The average Bonchev–Trinajstić information content (AvgIpc) is 2.21. The molecule has 1 rings (SSSR count). The Kier molecular flexibility index (Phi) is 3.92. The first-order valence-corrected chi connectivity index (χ1v) is 4.78. The number of rotatable bonds is 4. The molecule has 0 aliphatic rings. The lowest BCUT2D eigenvalue weighted by Gasteiger charge is -2.10. The van der Waals surface area contributed by atoms with Gasteiger partial charge in [-0.3, -0.25) is 4.79 Å². The van der Waals surface area contributed by atoms with Crippen molar-refractivity contribution in [3.05, 3.63) is 28.8 Å². The molecule has 2 N–H and O–H groups in total. The maximum atomic E-state index is 10.6. The van der Waals surface area contributed by atoms with E-state index in [2.05, 4.69) is 4.84 Å².